The topological polar surface area (TPSA) is 63.2 Å². The summed E-state index contributed by atoms with van der Waals surface area (Å²) in [5.41, 5.74) is 0.859. The fourth-order valence-electron chi connectivity index (χ4n) is 1.67. The number of methoxy groups -OCH3 is 1. The molecule has 0 bridgehead atoms. The van der Waals surface area contributed by atoms with Crippen molar-refractivity contribution in [1.29, 1.82) is 0 Å². The number of pyridine rings is 1. The number of hydrogen-bond acceptors (Lipinski definition) is 5. The van der Waals surface area contributed by atoms with Crippen LogP contribution in [0.3, 0.4) is 0 Å². The number of nitrogens with zero attached hydrogens (tertiary/aromatic N) is 1. The Kier molecular flexibility index (Phi) is 6.12. The lowest BCUT2D eigenvalue weighted by atomic mass is 10.0. The molecule has 1 rings (SSSR count). The lowest BCUT2D eigenvalue weighted by molar-refractivity contribution is -0.142. The number of aromatic nitrogens is 1. The summed E-state index contributed by atoms with van der Waals surface area (Å²) in [5.74, 6) is 0.696. The molecule has 0 saturated carbocycles. The molecule has 106 valence electrons. The summed E-state index contributed by atoms with van der Waals surface area (Å²) in [6.45, 7) is 6.93. The molecule has 1 aromatic heterocycles. The van der Waals surface area contributed by atoms with E-state index in [4.69, 9.17) is 4.74 Å². The maximum atomic E-state index is 11.7. The normalized spacial score (nSPS) is 12.1. The average Bonchev–Trinajstić information content (AvgIpc) is 2.42. The Morgan fingerprint density at radius 3 is 2.79 bits per heavy atom. The predicted molar refractivity (Wildman–Crippen MR) is 77.3 cm³/mol. The number of ether oxygens (including phenoxy) is 1. The molecule has 1 unspecified atom stereocenters. The standard InChI is InChI=1S/C14H23N3O2/c1-5-7-15-12-9-11(6-8-16-12)17-13(10(2)3)14(18)19-4/h6,8-10,13H,5,7H2,1-4H3,(H2,15,16,17). The molecule has 2 N–H and O–H groups in total. The molecule has 0 radical (unpaired) electrons. The van der Waals surface area contributed by atoms with Gasteiger partial charge in [-0.05, 0) is 18.4 Å². The van der Waals surface area contributed by atoms with Crippen molar-refractivity contribution in [2.75, 3.05) is 24.3 Å². The molecule has 1 aromatic rings. The van der Waals surface area contributed by atoms with E-state index in [0.717, 1.165) is 24.5 Å². The Morgan fingerprint density at radius 1 is 1.47 bits per heavy atom. The van der Waals surface area contributed by atoms with E-state index in [-0.39, 0.29) is 17.9 Å². The average molecular weight is 265 g/mol. The van der Waals surface area contributed by atoms with Crippen LogP contribution in [0.4, 0.5) is 11.5 Å². The van der Waals surface area contributed by atoms with Gasteiger partial charge in [0.15, 0.2) is 0 Å². The van der Waals surface area contributed by atoms with Gasteiger partial charge in [-0.1, -0.05) is 20.8 Å². The Hall–Kier alpha value is -1.78. The minimum atomic E-state index is -0.355. The van der Waals surface area contributed by atoms with Crippen molar-refractivity contribution in [1.82, 2.24) is 4.98 Å². The molecule has 19 heavy (non-hydrogen) atoms. The minimum absolute atomic E-state index is 0.146. The highest BCUT2D eigenvalue weighted by molar-refractivity contribution is 5.79. The van der Waals surface area contributed by atoms with Crippen LogP contribution in [0.15, 0.2) is 18.3 Å². The molecule has 0 aliphatic rings. The van der Waals surface area contributed by atoms with E-state index in [2.05, 4.69) is 22.5 Å². The van der Waals surface area contributed by atoms with Crippen LogP contribution >= 0.6 is 0 Å². The first-order chi connectivity index (χ1) is 9.08. The summed E-state index contributed by atoms with van der Waals surface area (Å²) in [5, 5.41) is 6.40. The van der Waals surface area contributed by atoms with Gasteiger partial charge in [-0.25, -0.2) is 9.78 Å². The zero-order valence-corrected chi connectivity index (χ0v) is 12.1. The number of carbonyl (C=O) groups is 1. The molecule has 1 atom stereocenters. The van der Waals surface area contributed by atoms with Crippen molar-refractivity contribution in [3.63, 3.8) is 0 Å². The van der Waals surface area contributed by atoms with Crippen molar-refractivity contribution in [3.05, 3.63) is 18.3 Å². The second-order valence-electron chi connectivity index (χ2n) is 4.75. The fraction of sp³-hybridized carbons (Fsp3) is 0.571. The van der Waals surface area contributed by atoms with Crippen LogP contribution < -0.4 is 10.6 Å². The summed E-state index contributed by atoms with van der Waals surface area (Å²) in [7, 11) is 1.40. The first kappa shape index (κ1) is 15.3. The van der Waals surface area contributed by atoms with Crippen molar-refractivity contribution in [2.24, 2.45) is 5.92 Å². The summed E-state index contributed by atoms with van der Waals surface area (Å²) in [6.07, 6.45) is 2.76. The van der Waals surface area contributed by atoms with E-state index < -0.39 is 0 Å². The van der Waals surface area contributed by atoms with E-state index >= 15 is 0 Å². The molecule has 0 amide bonds. The van der Waals surface area contributed by atoms with Gasteiger partial charge in [0.1, 0.15) is 11.9 Å². The van der Waals surface area contributed by atoms with Crippen molar-refractivity contribution in [3.8, 4) is 0 Å². The molecule has 0 aromatic carbocycles. The lowest BCUT2D eigenvalue weighted by Gasteiger charge is -2.21. The zero-order valence-electron chi connectivity index (χ0n) is 12.1. The molecule has 5 nitrogen and oxygen atoms in total. The van der Waals surface area contributed by atoms with Gasteiger partial charge in [0.25, 0.3) is 0 Å². The Bertz CT molecular complexity index is 407. The van der Waals surface area contributed by atoms with Gasteiger partial charge in [-0.2, -0.15) is 0 Å². The van der Waals surface area contributed by atoms with Crippen LogP contribution in [0, 0.1) is 5.92 Å². The number of anilines is 2. The third-order valence-electron chi connectivity index (χ3n) is 2.76. The molecule has 0 fully saturated rings. The molecule has 5 heteroatoms. The zero-order chi connectivity index (χ0) is 14.3. The van der Waals surface area contributed by atoms with Crippen LogP contribution in [0.25, 0.3) is 0 Å². The highest BCUT2D eigenvalue weighted by atomic mass is 16.5. The van der Waals surface area contributed by atoms with Crippen LogP contribution in [-0.2, 0) is 9.53 Å². The van der Waals surface area contributed by atoms with Gasteiger partial charge in [-0.15, -0.1) is 0 Å². The van der Waals surface area contributed by atoms with E-state index in [9.17, 15) is 4.79 Å². The highest BCUT2D eigenvalue weighted by Crippen LogP contribution is 2.16. The van der Waals surface area contributed by atoms with Gasteiger partial charge in [0.2, 0.25) is 0 Å². The molecular formula is C14H23N3O2. The Morgan fingerprint density at radius 2 is 2.21 bits per heavy atom. The molecule has 0 saturated heterocycles. The van der Waals surface area contributed by atoms with Gasteiger partial charge < -0.3 is 15.4 Å². The second kappa shape index (κ2) is 7.61. The number of rotatable bonds is 7. The van der Waals surface area contributed by atoms with Crippen LogP contribution in [-0.4, -0.2) is 30.6 Å². The van der Waals surface area contributed by atoms with Crippen LogP contribution in [0.1, 0.15) is 27.2 Å². The van der Waals surface area contributed by atoms with Gasteiger partial charge in [0, 0.05) is 24.5 Å². The maximum absolute atomic E-state index is 11.7. The van der Waals surface area contributed by atoms with Crippen LogP contribution in [0.5, 0.6) is 0 Å². The smallest absolute Gasteiger partial charge is 0.328 e. The summed E-state index contributed by atoms with van der Waals surface area (Å²) in [6, 6.07) is 3.38. The third-order valence-corrected chi connectivity index (χ3v) is 2.76. The number of hydrogen-bond donors (Lipinski definition) is 2. The first-order valence-corrected chi connectivity index (χ1v) is 6.62. The second-order valence-corrected chi connectivity index (χ2v) is 4.75. The predicted octanol–water partition coefficient (Wildman–Crippen LogP) is 2.51. The van der Waals surface area contributed by atoms with Crippen LogP contribution in [0.2, 0.25) is 0 Å². The van der Waals surface area contributed by atoms with Gasteiger partial charge in [-0.3, -0.25) is 0 Å². The van der Waals surface area contributed by atoms with Crippen molar-refractivity contribution in [2.45, 2.75) is 33.2 Å². The summed E-state index contributed by atoms with van der Waals surface area (Å²) in [4.78, 5) is 15.9. The minimum Gasteiger partial charge on any atom is -0.467 e. The van der Waals surface area contributed by atoms with Crippen molar-refractivity contribution < 1.29 is 9.53 Å². The highest BCUT2D eigenvalue weighted by Gasteiger charge is 2.22. The Balaban J connectivity index is 2.76. The first-order valence-electron chi connectivity index (χ1n) is 6.62. The molecule has 0 aliphatic heterocycles. The molecule has 0 spiro atoms. The molecule has 0 aliphatic carbocycles. The number of nitrogens with one attached hydrogen (secondary N) is 2. The van der Waals surface area contributed by atoms with Gasteiger partial charge in [0.05, 0.1) is 7.11 Å². The SMILES string of the molecule is CCCNc1cc(NC(C(=O)OC)C(C)C)ccn1. The lowest BCUT2D eigenvalue weighted by Crippen LogP contribution is -2.35. The van der Waals surface area contributed by atoms with Gasteiger partial charge >= 0.3 is 5.97 Å². The van der Waals surface area contributed by atoms with E-state index in [1.165, 1.54) is 7.11 Å². The van der Waals surface area contributed by atoms with E-state index in [0.29, 0.717) is 0 Å². The molecular weight excluding hydrogens is 242 g/mol. The quantitative estimate of drug-likeness (QED) is 0.742. The molecule has 1 heterocycles. The van der Waals surface area contributed by atoms with E-state index in [1.54, 1.807) is 6.20 Å². The Labute approximate surface area is 114 Å². The van der Waals surface area contributed by atoms with Crippen molar-refractivity contribution >= 4 is 17.5 Å². The monoisotopic (exact) mass is 265 g/mol. The maximum Gasteiger partial charge on any atom is 0.328 e. The van der Waals surface area contributed by atoms with E-state index in [1.807, 2.05) is 26.0 Å². The number of esters is 1. The summed E-state index contributed by atoms with van der Waals surface area (Å²) >= 11 is 0. The summed E-state index contributed by atoms with van der Waals surface area (Å²) < 4.78 is 4.81. The largest absolute Gasteiger partial charge is 0.467 e. The third kappa shape index (κ3) is 4.77. The number of carbonyl (C=O) groups excluding carboxylic acids is 1. The fourth-order valence-corrected chi connectivity index (χ4v) is 1.67.